The summed E-state index contributed by atoms with van der Waals surface area (Å²) in [7, 11) is 1.40. The number of nitrogens with one attached hydrogen (secondary N) is 2. The van der Waals surface area contributed by atoms with E-state index in [0.29, 0.717) is 23.9 Å². The SMILES string of the molecule is Cl.Cn1c(=O)c(C(F)(F)c2ccc(C(=N)N)cc2)nc2cc(C3(NC(=O)CC(C(=O)O)C4CCCC4)CC3)ccc21. The lowest BCUT2D eigenvalue weighted by atomic mass is 9.87. The van der Waals surface area contributed by atoms with Gasteiger partial charge < -0.3 is 20.7 Å². The molecule has 1 unspecified atom stereocenters. The fourth-order valence-corrected chi connectivity index (χ4v) is 5.78. The predicted molar refractivity (Wildman–Crippen MR) is 151 cm³/mol. The van der Waals surface area contributed by atoms with Crippen LogP contribution in [-0.4, -0.2) is 32.4 Å². The zero-order chi connectivity index (χ0) is 28.8. The van der Waals surface area contributed by atoms with Gasteiger partial charge in [-0.25, -0.2) is 4.98 Å². The van der Waals surface area contributed by atoms with Crippen LogP contribution < -0.4 is 16.6 Å². The van der Waals surface area contributed by atoms with Gasteiger partial charge in [0.15, 0.2) is 5.69 Å². The first-order chi connectivity index (χ1) is 18.9. The average Bonchev–Trinajstić information content (AvgIpc) is 3.49. The Kier molecular flexibility index (Phi) is 8.22. The van der Waals surface area contributed by atoms with Crippen molar-refractivity contribution in [1.29, 1.82) is 5.41 Å². The summed E-state index contributed by atoms with van der Waals surface area (Å²) in [4.78, 5) is 41.9. The summed E-state index contributed by atoms with van der Waals surface area (Å²) < 4.78 is 32.2. The molecule has 9 nitrogen and oxygen atoms in total. The lowest BCUT2D eigenvalue weighted by molar-refractivity contribution is -0.146. The highest BCUT2D eigenvalue weighted by atomic mass is 35.5. The van der Waals surface area contributed by atoms with Gasteiger partial charge in [0.2, 0.25) is 5.91 Å². The Balaban J connectivity index is 0.00000387. The maximum absolute atomic E-state index is 15.6. The number of aliphatic carboxylic acids is 1. The number of amidine groups is 1. The smallest absolute Gasteiger partial charge is 0.320 e. The Labute approximate surface area is 241 Å². The molecule has 0 saturated heterocycles. The van der Waals surface area contributed by atoms with Crippen molar-refractivity contribution in [1.82, 2.24) is 14.9 Å². The highest BCUT2D eigenvalue weighted by Crippen LogP contribution is 2.46. The summed E-state index contributed by atoms with van der Waals surface area (Å²) in [6, 6.07) is 9.76. The summed E-state index contributed by atoms with van der Waals surface area (Å²) >= 11 is 0. The highest BCUT2D eigenvalue weighted by molar-refractivity contribution is 5.94. The highest BCUT2D eigenvalue weighted by Gasteiger charge is 2.47. The second-order valence-electron chi connectivity index (χ2n) is 10.9. The van der Waals surface area contributed by atoms with Gasteiger partial charge in [0.05, 0.1) is 22.5 Å². The molecule has 5 rings (SSSR count). The van der Waals surface area contributed by atoms with E-state index in [9.17, 15) is 19.5 Å². The number of benzene rings is 2. The molecule has 1 aromatic heterocycles. The van der Waals surface area contributed by atoms with Gasteiger partial charge in [-0.05, 0) is 49.3 Å². The molecule has 2 fully saturated rings. The molecule has 0 spiro atoms. The topological polar surface area (TPSA) is 151 Å². The summed E-state index contributed by atoms with van der Waals surface area (Å²) in [6.45, 7) is 0. The van der Waals surface area contributed by atoms with Gasteiger partial charge in [-0.2, -0.15) is 8.78 Å². The standard InChI is InChI=1S/C29H31F2N5O4.ClH/c1-36-22-11-10-19(28(12-13-28)35-23(37)15-20(27(39)40)16-4-2-3-5-16)14-21(22)34-24(26(36)38)29(30,31)18-8-6-17(7-9-18)25(32)33;/h6-11,14,16,20H,2-5,12-13,15H2,1H3,(H3,32,33)(H,35,37)(H,39,40);1H. The molecule has 3 aromatic rings. The third-order valence-corrected chi connectivity index (χ3v) is 8.30. The Bertz CT molecular complexity index is 1560. The molecule has 5 N–H and O–H groups in total. The normalized spacial score (nSPS) is 17.0. The molecule has 0 aliphatic heterocycles. The quantitative estimate of drug-likeness (QED) is 0.218. The number of nitrogens with zero attached hydrogens (tertiary/aromatic N) is 2. The molecule has 218 valence electrons. The molecule has 2 aliphatic rings. The number of aromatic nitrogens is 2. The van der Waals surface area contributed by atoms with E-state index < -0.39 is 40.2 Å². The lowest BCUT2D eigenvalue weighted by Gasteiger charge is -2.23. The fourth-order valence-electron chi connectivity index (χ4n) is 5.78. The van der Waals surface area contributed by atoms with Crippen molar-refractivity contribution in [3.63, 3.8) is 0 Å². The molecule has 41 heavy (non-hydrogen) atoms. The Hall–Kier alpha value is -3.86. The third kappa shape index (κ3) is 5.68. The number of nitrogens with two attached hydrogens (primary N) is 1. The molecule has 1 heterocycles. The van der Waals surface area contributed by atoms with E-state index in [1.54, 1.807) is 18.2 Å². The second kappa shape index (κ2) is 11.2. The van der Waals surface area contributed by atoms with Gasteiger partial charge in [0, 0.05) is 24.6 Å². The van der Waals surface area contributed by atoms with Crippen molar-refractivity contribution in [3.8, 4) is 0 Å². The molecule has 2 aromatic carbocycles. The van der Waals surface area contributed by atoms with Crippen LogP contribution in [0, 0.1) is 17.2 Å². The number of hydrogen-bond donors (Lipinski definition) is 4. The van der Waals surface area contributed by atoms with Gasteiger partial charge >= 0.3 is 11.9 Å². The van der Waals surface area contributed by atoms with Gasteiger partial charge in [0.25, 0.3) is 5.56 Å². The number of carboxylic acids is 1. The number of carbonyl (C=O) groups excluding carboxylic acids is 1. The zero-order valence-electron chi connectivity index (χ0n) is 22.5. The minimum Gasteiger partial charge on any atom is -0.481 e. The number of nitrogen functional groups attached to an aromatic ring is 1. The minimum absolute atomic E-state index is 0. The maximum Gasteiger partial charge on any atom is 0.320 e. The van der Waals surface area contributed by atoms with Crippen molar-refractivity contribution < 1.29 is 23.5 Å². The molecule has 0 bridgehead atoms. The van der Waals surface area contributed by atoms with Crippen LogP contribution in [0.2, 0.25) is 0 Å². The van der Waals surface area contributed by atoms with Crippen LogP contribution >= 0.6 is 12.4 Å². The average molecular weight is 588 g/mol. The van der Waals surface area contributed by atoms with E-state index >= 15 is 8.78 Å². The van der Waals surface area contributed by atoms with E-state index in [0.717, 1.165) is 42.4 Å². The van der Waals surface area contributed by atoms with E-state index in [1.165, 1.54) is 19.2 Å². The molecule has 12 heteroatoms. The van der Waals surface area contributed by atoms with Crippen LogP contribution in [0.1, 0.15) is 67.3 Å². The molecular weight excluding hydrogens is 556 g/mol. The van der Waals surface area contributed by atoms with Crippen molar-refractivity contribution in [2.45, 2.75) is 56.4 Å². The summed E-state index contributed by atoms with van der Waals surface area (Å²) in [6.07, 6.45) is 4.66. The molecule has 1 amide bonds. The van der Waals surface area contributed by atoms with Gasteiger partial charge in [-0.15, -0.1) is 12.4 Å². The monoisotopic (exact) mass is 587 g/mol. The van der Waals surface area contributed by atoms with E-state index in [-0.39, 0.29) is 47.6 Å². The lowest BCUT2D eigenvalue weighted by Crippen LogP contribution is -2.38. The first-order valence-corrected chi connectivity index (χ1v) is 13.3. The van der Waals surface area contributed by atoms with E-state index in [2.05, 4.69) is 10.3 Å². The minimum atomic E-state index is -3.72. The largest absolute Gasteiger partial charge is 0.481 e. The van der Waals surface area contributed by atoms with Gasteiger partial charge in [0.1, 0.15) is 5.84 Å². The van der Waals surface area contributed by atoms with Crippen LogP contribution in [0.25, 0.3) is 11.0 Å². The van der Waals surface area contributed by atoms with Crippen LogP contribution in [-0.2, 0) is 28.1 Å². The fraction of sp³-hybridized carbons (Fsp3) is 0.414. The Morgan fingerprint density at radius 2 is 1.83 bits per heavy atom. The first-order valence-electron chi connectivity index (χ1n) is 13.3. The summed E-state index contributed by atoms with van der Waals surface area (Å²) in [5.74, 6) is -6.05. The van der Waals surface area contributed by atoms with E-state index in [4.69, 9.17) is 11.1 Å². The number of carboxylic acid groups (broad SMARTS) is 1. The van der Waals surface area contributed by atoms with Crippen molar-refractivity contribution in [3.05, 3.63) is 75.2 Å². The number of alkyl halides is 2. The van der Waals surface area contributed by atoms with Crippen molar-refractivity contribution in [2.75, 3.05) is 0 Å². The number of fused-ring (bicyclic) bond motifs is 1. The molecule has 2 aliphatic carbocycles. The molecule has 2 saturated carbocycles. The van der Waals surface area contributed by atoms with Gasteiger partial charge in [-0.3, -0.25) is 19.8 Å². The Morgan fingerprint density at radius 1 is 1.20 bits per heavy atom. The summed E-state index contributed by atoms with van der Waals surface area (Å²) in [5.41, 5.74) is 3.81. The van der Waals surface area contributed by atoms with Crippen LogP contribution in [0.15, 0.2) is 47.3 Å². The number of rotatable bonds is 9. The Morgan fingerprint density at radius 3 is 2.39 bits per heavy atom. The molecule has 1 atom stereocenters. The third-order valence-electron chi connectivity index (χ3n) is 8.30. The second-order valence-corrected chi connectivity index (χ2v) is 10.9. The number of carbonyl (C=O) groups is 2. The summed E-state index contributed by atoms with van der Waals surface area (Å²) in [5, 5.41) is 20.2. The van der Waals surface area contributed by atoms with Crippen molar-refractivity contribution >= 4 is 41.2 Å². The zero-order valence-corrected chi connectivity index (χ0v) is 23.3. The van der Waals surface area contributed by atoms with Crippen LogP contribution in [0.4, 0.5) is 8.78 Å². The van der Waals surface area contributed by atoms with Gasteiger partial charge in [-0.1, -0.05) is 43.2 Å². The number of amides is 1. The first kappa shape index (κ1) is 30.1. The van der Waals surface area contributed by atoms with E-state index in [1.807, 2.05) is 0 Å². The number of hydrogen-bond acceptors (Lipinski definition) is 5. The van der Waals surface area contributed by atoms with Crippen molar-refractivity contribution in [2.24, 2.45) is 24.6 Å². The van der Waals surface area contributed by atoms with Crippen LogP contribution in [0.5, 0.6) is 0 Å². The predicted octanol–water partition coefficient (Wildman–Crippen LogP) is 4.17. The number of aryl methyl sites for hydroxylation is 1. The molecular formula is C29H32ClF2N5O4. The number of halogens is 3. The maximum atomic E-state index is 15.6. The molecule has 0 radical (unpaired) electrons. The van der Waals surface area contributed by atoms with Crippen LogP contribution in [0.3, 0.4) is 0 Å².